The van der Waals surface area contributed by atoms with E-state index in [2.05, 4.69) is 20.3 Å². The zero-order chi connectivity index (χ0) is 16.9. The number of amides is 1. The number of hydrogen-bond donors (Lipinski definition) is 1. The van der Waals surface area contributed by atoms with Gasteiger partial charge in [0.25, 0.3) is 5.91 Å². The maximum atomic E-state index is 12.6. The topological polar surface area (TPSA) is 80.2 Å². The van der Waals surface area contributed by atoms with Crippen LogP contribution in [-0.4, -0.2) is 52.1 Å². The molecule has 2 aromatic rings. The SMILES string of the molecule is COC[C@@H](C)Nc1ncnc2c1CCN(C(=O)c1cccnc1)C2. The van der Waals surface area contributed by atoms with Crippen molar-refractivity contribution in [1.82, 2.24) is 19.9 Å². The Kier molecular flexibility index (Phi) is 5.00. The van der Waals surface area contributed by atoms with Gasteiger partial charge < -0.3 is 15.0 Å². The summed E-state index contributed by atoms with van der Waals surface area (Å²) in [4.78, 5) is 27.1. The molecule has 7 nitrogen and oxygen atoms in total. The highest BCUT2D eigenvalue weighted by Crippen LogP contribution is 2.24. The molecule has 0 saturated carbocycles. The van der Waals surface area contributed by atoms with Gasteiger partial charge in [-0.3, -0.25) is 9.78 Å². The number of carbonyl (C=O) groups excluding carboxylic acids is 1. The third-order valence-electron chi connectivity index (χ3n) is 4.00. The van der Waals surface area contributed by atoms with Crippen molar-refractivity contribution in [1.29, 1.82) is 0 Å². The second kappa shape index (κ2) is 7.35. The number of methoxy groups -OCH3 is 1. The lowest BCUT2D eigenvalue weighted by Crippen LogP contribution is -2.37. The molecule has 3 rings (SSSR count). The van der Waals surface area contributed by atoms with E-state index < -0.39 is 0 Å². The van der Waals surface area contributed by atoms with Crippen molar-refractivity contribution in [2.75, 3.05) is 25.6 Å². The summed E-state index contributed by atoms with van der Waals surface area (Å²) in [5.41, 5.74) is 2.57. The first-order valence-electron chi connectivity index (χ1n) is 7.96. The number of carbonyl (C=O) groups is 1. The fourth-order valence-electron chi connectivity index (χ4n) is 2.85. The number of ether oxygens (including phenoxy) is 1. The van der Waals surface area contributed by atoms with Gasteiger partial charge in [-0.05, 0) is 25.5 Å². The lowest BCUT2D eigenvalue weighted by atomic mass is 10.0. The van der Waals surface area contributed by atoms with E-state index in [1.54, 1.807) is 42.9 Å². The molecule has 2 aromatic heterocycles. The number of hydrogen-bond acceptors (Lipinski definition) is 6. The third-order valence-corrected chi connectivity index (χ3v) is 4.00. The highest BCUT2D eigenvalue weighted by atomic mass is 16.5. The Hall–Kier alpha value is -2.54. The number of fused-ring (bicyclic) bond motifs is 1. The first-order chi connectivity index (χ1) is 11.7. The Morgan fingerprint density at radius 2 is 2.33 bits per heavy atom. The molecule has 0 saturated heterocycles. The number of pyridine rings is 1. The summed E-state index contributed by atoms with van der Waals surface area (Å²) in [6.45, 7) is 3.77. The lowest BCUT2D eigenvalue weighted by molar-refractivity contribution is 0.0731. The molecule has 1 amide bonds. The van der Waals surface area contributed by atoms with E-state index in [4.69, 9.17) is 4.74 Å². The van der Waals surface area contributed by atoms with E-state index >= 15 is 0 Å². The molecule has 7 heteroatoms. The average molecular weight is 327 g/mol. The highest BCUT2D eigenvalue weighted by Gasteiger charge is 2.25. The zero-order valence-corrected chi connectivity index (χ0v) is 13.9. The standard InChI is InChI=1S/C17H21N5O2/c1-12(10-24-2)21-16-14-5-7-22(9-15(14)19-11-20-16)17(23)13-4-3-6-18-8-13/h3-4,6,8,11-12H,5,7,9-10H2,1-2H3,(H,19,20,21)/t12-/m1/s1. The summed E-state index contributed by atoms with van der Waals surface area (Å²) in [7, 11) is 1.68. The predicted octanol–water partition coefficient (Wildman–Crippen LogP) is 1.52. The lowest BCUT2D eigenvalue weighted by Gasteiger charge is -2.29. The van der Waals surface area contributed by atoms with Gasteiger partial charge in [0.1, 0.15) is 12.1 Å². The molecule has 1 aliphatic rings. The van der Waals surface area contributed by atoms with Crippen LogP contribution in [0.5, 0.6) is 0 Å². The summed E-state index contributed by atoms with van der Waals surface area (Å²) in [6.07, 6.45) is 5.52. The molecule has 1 aliphatic heterocycles. The van der Waals surface area contributed by atoms with Crippen molar-refractivity contribution in [3.8, 4) is 0 Å². The minimum atomic E-state index is -0.0189. The van der Waals surface area contributed by atoms with Crippen molar-refractivity contribution in [2.24, 2.45) is 0 Å². The second-order valence-electron chi connectivity index (χ2n) is 5.87. The molecule has 0 radical (unpaired) electrons. The normalized spacial score (nSPS) is 14.8. The maximum absolute atomic E-state index is 12.6. The number of rotatable bonds is 5. The van der Waals surface area contributed by atoms with Crippen molar-refractivity contribution in [3.05, 3.63) is 47.7 Å². The Labute approximate surface area is 141 Å². The van der Waals surface area contributed by atoms with Gasteiger partial charge in [0, 0.05) is 37.7 Å². The fourth-order valence-corrected chi connectivity index (χ4v) is 2.85. The summed E-state index contributed by atoms with van der Waals surface area (Å²) in [6, 6.07) is 3.71. The van der Waals surface area contributed by atoms with Crippen LogP contribution in [0.4, 0.5) is 5.82 Å². The van der Waals surface area contributed by atoms with E-state index in [1.165, 1.54) is 0 Å². The number of aromatic nitrogens is 3. The largest absolute Gasteiger partial charge is 0.383 e. The number of nitrogens with one attached hydrogen (secondary N) is 1. The molecule has 1 atom stereocenters. The monoisotopic (exact) mass is 327 g/mol. The van der Waals surface area contributed by atoms with Crippen LogP contribution < -0.4 is 5.32 Å². The Balaban J connectivity index is 1.76. The molecule has 126 valence electrons. The van der Waals surface area contributed by atoms with Crippen LogP contribution in [-0.2, 0) is 17.7 Å². The molecule has 24 heavy (non-hydrogen) atoms. The highest BCUT2D eigenvalue weighted by molar-refractivity contribution is 5.94. The second-order valence-corrected chi connectivity index (χ2v) is 5.87. The summed E-state index contributed by atoms with van der Waals surface area (Å²) in [5.74, 6) is 0.813. The van der Waals surface area contributed by atoms with Gasteiger partial charge in [-0.25, -0.2) is 9.97 Å². The molecule has 0 fully saturated rings. The Morgan fingerprint density at radius 1 is 1.46 bits per heavy atom. The van der Waals surface area contributed by atoms with E-state index in [-0.39, 0.29) is 11.9 Å². The molecule has 0 aromatic carbocycles. The average Bonchev–Trinajstić information content (AvgIpc) is 2.62. The smallest absolute Gasteiger partial charge is 0.255 e. The minimum absolute atomic E-state index is 0.0189. The van der Waals surface area contributed by atoms with Crippen LogP contribution in [0, 0.1) is 0 Å². The van der Waals surface area contributed by atoms with Crippen LogP contribution in [0.1, 0.15) is 28.5 Å². The van der Waals surface area contributed by atoms with E-state index in [1.807, 2.05) is 6.92 Å². The van der Waals surface area contributed by atoms with Crippen molar-refractivity contribution >= 4 is 11.7 Å². The number of nitrogens with zero attached hydrogens (tertiary/aromatic N) is 4. The third kappa shape index (κ3) is 3.51. The van der Waals surface area contributed by atoms with Crippen molar-refractivity contribution in [2.45, 2.75) is 25.9 Å². The van der Waals surface area contributed by atoms with Gasteiger partial charge in [0.05, 0.1) is 24.4 Å². The molecule has 0 bridgehead atoms. The predicted molar refractivity (Wildman–Crippen MR) is 89.7 cm³/mol. The van der Waals surface area contributed by atoms with Gasteiger partial charge in [-0.15, -0.1) is 0 Å². The minimum Gasteiger partial charge on any atom is -0.383 e. The molecular weight excluding hydrogens is 306 g/mol. The van der Waals surface area contributed by atoms with E-state index in [0.29, 0.717) is 25.3 Å². The number of anilines is 1. The van der Waals surface area contributed by atoms with Crippen LogP contribution in [0.3, 0.4) is 0 Å². The van der Waals surface area contributed by atoms with E-state index in [9.17, 15) is 4.79 Å². The Morgan fingerprint density at radius 3 is 3.08 bits per heavy atom. The molecule has 0 aliphatic carbocycles. The first-order valence-corrected chi connectivity index (χ1v) is 7.96. The fraction of sp³-hybridized carbons (Fsp3) is 0.412. The van der Waals surface area contributed by atoms with Crippen LogP contribution in [0.15, 0.2) is 30.9 Å². The van der Waals surface area contributed by atoms with Crippen LogP contribution in [0.2, 0.25) is 0 Å². The molecule has 0 unspecified atom stereocenters. The quantitative estimate of drug-likeness (QED) is 0.897. The molecular formula is C17H21N5O2. The molecule has 0 spiro atoms. The summed E-state index contributed by atoms with van der Waals surface area (Å²) < 4.78 is 5.15. The van der Waals surface area contributed by atoms with Gasteiger partial charge >= 0.3 is 0 Å². The first kappa shape index (κ1) is 16.3. The van der Waals surface area contributed by atoms with E-state index in [0.717, 1.165) is 23.5 Å². The van der Waals surface area contributed by atoms with Gasteiger partial charge in [0.2, 0.25) is 0 Å². The molecule has 1 N–H and O–H groups in total. The maximum Gasteiger partial charge on any atom is 0.255 e. The molecule has 3 heterocycles. The summed E-state index contributed by atoms with van der Waals surface area (Å²) in [5, 5.41) is 3.36. The van der Waals surface area contributed by atoms with Crippen LogP contribution >= 0.6 is 0 Å². The van der Waals surface area contributed by atoms with Gasteiger partial charge in [-0.2, -0.15) is 0 Å². The van der Waals surface area contributed by atoms with Crippen molar-refractivity contribution in [3.63, 3.8) is 0 Å². The van der Waals surface area contributed by atoms with Gasteiger partial charge in [0.15, 0.2) is 0 Å². The zero-order valence-electron chi connectivity index (χ0n) is 13.9. The summed E-state index contributed by atoms with van der Waals surface area (Å²) >= 11 is 0. The van der Waals surface area contributed by atoms with Gasteiger partial charge in [-0.1, -0.05) is 0 Å². The van der Waals surface area contributed by atoms with Crippen molar-refractivity contribution < 1.29 is 9.53 Å². The Bertz CT molecular complexity index is 707. The van der Waals surface area contributed by atoms with Crippen LogP contribution in [0.25, 0.3) is 0 Å².